The minimum absolute atomic E-state index is 0.00457. The van der Waals surface area contributed by atoms with E-state index in [2.05, 4.69) is 30.4 Å². The maximum Gasteiger partial charge on any atom is 0.263 e. The van der Waals surface area contributed by atoms with Gasteiger partial charge in [-0.15, -0.1) is 0 Å². The quantitative estimate of drug-likeness (QED) is 0.173. The number of fused-ring (bicyclic) bond motifs is 1. The smallest absolute Gasteiger partial charge is 0.263 e. The second kappa shape index (κ2) is 14.1. The van der Waals surface area contributed by atoms with Crippen molar-refractivity contribution in [3.63, 3.8) is 0 Å². The molecule has 0 spiro atoms. The molecule has 4 fully saturated rings. The van der Waals surface area contributed by atoms with Crippen LogP contribution in [0.15, 0.2) is 53.6 Å². The van der Waals surface area contributed by atoms with Crippen molar-refractivity contribution in [2.75, 3.05) is 36.4 Å². The zero-order valence-corrected chi connectivity index (χ0v) is 30.2. The SMILES string of the molecule is CC(=O)c1c(C)c2cnc(Nc3ccc(N4CCC(N5CC(F)(Cc6cccc(C7CCC(=O)NC7=O)c6)C5)CC4)cn3)nc2n(C2CCCC2)c1=O. The fourth-order valence-corrected chi connectivity index (χ4v) is 8.91. The number of carbonyl (C=O) groups excluding carboxylic acids is 3. The number of anilines is 3. The highest BCUT2D eigenvalue weighted by molar-refractivity contribution is 6.01. The highest BCUT2D eigenvalue weighted by atomic mass is 19.1. The largest absolute Gasteiger partial charge is 0.370 e. The first kappa shape index (κ1) is 35.0. The van der Waals surface area contributed by atoms with Crippen molar-refractivity contribution in [3.8, 4) is 0 Å². The predicted molar refractivity (Wildman–Crippen MR) is 199 cm³/mol. The number of nitrogens with zero attached hydrogens (tertiary/aromatic N) is 6. The van der Waals surface area contributed by atoms with Gasteiger partial charge in [-0.25, -0.2) is 14.4 Å². The fourth-order valence-electron chi connectivity index (χ4n) is 8.91. The zero-order valence-electron chi connectivity index (χ0n) is 30.2. The number of aromatic nitrogens is 4. The Bertz CT molecular complexity index is 2130. The number of Topliss-reactive ketones (excluding diaryl/α,β-unsaturated/α-hetero) is 1. The van der Waals surface area contributed by atoms with Crippen molar-refractivity contribution < 1.29 is 18.8 Å². The molecule has 1 saturated carbocycles. The Balaban J connectivity index is 0.867. The molecule has 3 aromatic heterocycles. The summed E-state index contributed by atoms with van der Waals surface area (Å²) >= 11 is 0. The van der Waals surface area contributed by atoms with Crippen LogP contribution >= 0.6 is 0 Å². The van der Waals surface area contributed by atoms with Gasteiger partial charge in [0.15, 0.2) is 5.78 Å². The van der Waals surface area contributed by atoms with E-state index in [1.165, 1.54) is 6.92 Å². The van der Waals surface area contributed by atoms with Crippen molar-refractivity contribution >= 4 is 46.1 Å². The highest BCUT2D eigenvalue weighted by Crippen LogP contribution is 2.36. The van der Waals surface area contributed by atoms with E-state index in [4.69, 9.17) is 4.98 Å². The summed E-state index contributed by atoms with van der Waals surface area (Å²) in [5, 5.41) is 6.32. The van der Waals surface area contributed by atoms with Crippen molar-refractivity contribution in [2.45, 2.75) is 95.3 Å². The molecule has 1 aliphatic carbocycles. The fraction of sp³-hybridized carbons (Fsp3) is 0.475. The van der Waals surface area contributed by atoms with Gasteiger partial charge in [0.2, 0.25) is 17.8 Å². The molecule has 1 unspecified atom stereocenters. The molecule has 1 atom stereocenters. The number of alkyl halides is 1. The number of nitrogens with one attached hydrogen (secondary N) is 2. The van der Waals surface area contributed by atoms with E-state index in [9.17, 15) is 19.2 Å². The summed E-state index contributed by atoms with van der Waals surface area (Å²) in [6.45, 7) is 5.70. The van der Waals surface area contributed by atoms with Crippen molar-refractivity contribution in [1.29, 1.82) is 0 Å². The van der Waals surface area contributed by atoms with Gasteiger partial charge in [0.1, 0.15) is 17.1 Å². The summed E-state index contributed by atoms with van der Waals surface area (Å²) < 4.78 is 17.6. The number of amides is 2. The molecular formula is C40H45FN8O4. The normalized spacial score (nSPS) is 21.1. The molecule has 12 nitrogen and oxygen atoms in total. The lowest BCUT2D eigenvalue weighted by atomic mass is 9.84. The molecule has 4 aromatic rings. The predicted octanol–water partition coefficient (Wildman–Crippen LogP) is 5.31. The lowest BCUT2D eigenvalue weighted by Gasteiger charge is -2.50. The van der Waals surface area contributed by atoms with E-state index in [0.717, 1.165) is 68.4 Å². The first-order valence-electron chi connectivity index (χ1n) is 18.8. The van der Waals surface area contributed by atoms with E-state index < -0.39 is 5.67 Å². The molecule has 53 heavy (non-hydrogen) atoms. The summed E-state index contributed by atoms with van der Waals surface area (Å²) in [5.41, 5.74) is 2.50. The van der Waals surface area contributed by atoms with Crippen LogP contribution in [0.2, 0.25) is 0 Å². The van der Waals surface area contributed by atoms with Crippen LogP contribution in [0.25, 0.3) is 11.0 Å². The molecule has 3 saturated heterocycles. The Morgan fingerprint density at radius 1 is 0.981 bits per heavy atom. The summed E-state index contributed by atoms with van der Waals surface area (Å²) in [5.74, 6) is -0.218. The third kappa shape index (κ3) is 6.94. The molecular weight excluding hydrogens is 675 g/mol. The molecule has 2 N–H and O–H groups in total. The number of halogens is 1. The number of benzene rings is 1. The van der Waals surface area contributed by atoms with Crippen LogP contribution in [0.4, 0.5) is 21.8 Å². The number of aryl methyl sites for hydroxylation is 1. The van der Waals surface area contributed by atoms with Crippen LogP contribution < -0.4 is 21.1 Å². The summed E-state index contributed by atoms with van der Waals surface area (Å²) in [6, 6.07) is 11.8. The molecule has 0 bridgehead atoms. The van der Waals surface area contributed by atoms with Crippen LogP contribution in [-0.4, -0.2) is 79.9 Å². The minimum atomic E-state index is -1.30. The van der Waals surface area contributed by atoms with E-state index in [1.807, 2.05) is 42.6 Å². The number of ketones is 1. The number of pyridine rings is 2. The molecule has 0 radical (unpaired) electrons. The summed E-state index contributed by atoms with van der Waals surface area (Å²) in [4.78, 5) is 68.4. The highest BCUT2D eigenvalue weighted by Gasteiger charge is 2.46. The van der Waals surface area contributed by atoms with Crippen LogP contribution in [0, 0.1) is 6.92 Å². The number of hydrogen-bond donors (Lipinski definition) is 2. The second-order valence-corrected chi connectivity index (χ2v) is 15.3. The minimum Gasteiger partial charge on any atom is -0.370 e. The van der Waals surface area contributed by atoms with Gasteiger partial charge >= 0.3 is 0 Å². The molecule has 13 heteroatoms. The van der Waals surface area contributed by atoms with Gasteiger partial charge in [0.25, 0.3) is 5.56 Å². The molecule has 4 aliphatic rings. The van der Waals surface area contributed by atoms with Crippen LogP contribution in [-0.2, 0) is 16.0 Å². The monoisotopic (exact) mass is 720 g/mol. The van der Waals surface area contributed by atoms with E-state index in [1.54, 1.807) is 17.7 Å². The molecule has 276 valence electrons. The molecule has 3 aliphatic heterocycles. The van der Waals surface area contributed by atoms with Crippen LogP contribution in [0.1, 0.15) is 97.3 Å². The lowest BCUT2D eigenvalue weighted by molar-refractivity contribution is -0.134. The third-order valence-electron chi connectivity index (χ3n) is 11.7. The number of hydrogen-bond acceptors (Lipinski definition) is 10. The molecule has 2 amide bonds. The molecule has 1 aromatic carbocycles. The first-order chi connectivity index (χ1) is 25.5. The maximum atomic E-state index is 15.9. The van der Waals surface area contributed by atoms with Crippen molar-refractivity contribution in [2.24, 2.45) is 0 Å². The maximum absolute atomic E-state index is 15.9. The molecule has 6 heterocycles. The number of piperidine rings is 2. The van der Waals surface area contributed by atoms with Crippen LogP contribution in [0.5, 0.6) is 0 Å². The summed E-state index contributed by atoms with van der Waals surface area (Å²) in [7, 11) is 0. The lowest BCUT2D eigenvalue weighted by Crippen LogP contribution is -2.64. The molecule has 8 rings (SSSR count). The van der Waals surface area contributed by atoms with Gasteiger partial charge in [-0.2, -0.15) is 4.98 Å². The third-order valence-corrected chi connectivity index (χ3v) is 11.7. The van der Waals surface area contributed by atoms with Crippen LogP contribution in [0.3, 0.4) is 0 Å². The Morgan fingerprint density at radius 3 is 2.45 bits per heavy atom. The number of rotatable bonds is 9. The number of carbonyl (C=O) groups is 3. The van der Waals surface area contributed by atoms with E-state index >= 15 is 4.39 Å². The second-order valence-electron chi connectivity index (χ2n) is 15.3. The number of imide groups is 1. The topological polar surface area (TPSA) is 142 Å². The first-order valence-corrected chi connectivity index (χ1v) is 18.8. The summed E-state index contributed by atoms with van der Waals surface area (Å²) in [6.07, 6.45) is 10.3. The van der Waals surface area contributed by atoms with Gasteiger partial charge in [0.05, 0.1) is 23.4 Å². The Morgan fingerprint density at radius 2 is 1.75 bits per heavy atom. The Hall–Kier alpha value is -5.04. The van der Waals surface area contributed by atoms with Crippen molar-refractivity contribution in [3.05, 3.63) is 81.4 Å². The van der Waals surface area contributed by atoms with Gasteiger partial charge in [-0.1, -0.05) is 37.1 Å². The standard InChI is InChI=1S/C40H45FN8O4/c1-24-32-21-43-39(46-36(32)49(29-8-3-4-9-29)38(53)35(24)25(2)50)44-33-12-10-30(20-42-33)47-16-14-28(15-17-47)48-22-40(41,23-48)19-26-6-5-7-27(18-26)31-11-13-34(51)45-37(31)52/h5-7,10,12,18,20-21,28-29,31H,3-4,8-9,11,13-17,19,22-23H2,1-2H3,(H,45,51,52)(H,42,43,44,46). The van der Waals surface area contributed by atoms with E-state index in [-0.39, 0.29) is 40.7 Å². The number of likely N-dealkylation sites (tertiary alicyclic amines) is 1. The Labute approximate surface area is 307 Å². The van der Waals surface area contributed by atoms with Gasteiger partial charge in [0, 0.05) is 62.7 Å². The average molecular weight is 721 g/mol. The Kier molecular flexibility index (Phi) is 9.30. The van der Waals surface area contributed by atoms with Gasteiger partial charge in [-0.05, 0) is 74.8 Å². The van der Waals surface area contributed by atoms with E-state index in [0.29, 0.717) is 66.8 Å². The average Bonchev–Trinajstić information content (AvgIpc) is 3.66. The van der Waals surface area contributed by atoms with Gasteiger partial charge in [-0.3, -0.25) is 34.0 Å². The van der Waals surface area contributed by atoms with Gasteiger partial charge < -0.3 is 10.2 Å². The van der Waals surface area contributed by atoms with Crippen molar-refractivity contribution in [1.82, 2.24) is 29.7 Å². The zero-order chi connectivity index (χ0) is 36.9.